The summed E-state index contributed by atoms with van der Waals surface area (Å²) in [7, 11) is 1.79. The number of carbonyl (C=O) groups excluding carboxylic acids is 2. The number of urea groups is 1. The molecule has 2 aliphatic rings. The lowest BCUT2D eigenvalue weighted by atomic mass is 9.98. The SMILES string of the molecule is CCc1ccc(C2=CCN(C(=O)NC3CCC(=O)N(C)C3)CC2)cc1. The van der Waals surface area contributed by atoms with Gasteiger partial charge in [0.25, 0.3) is 0 Å². The van der Waals surface area contributed by atoms with Gasteiger partial charge in [-0.15, -0.1) is 0 Å². The average molecular weight is 341 g/mol. The van der Waals surface area contributed by atoms with Gasteiger partial charge < -0.3 is 15.1 Å². The quantitative estimate of drug-likeness (QED) is 0.919. The minimum Gasteiger partial charge on any atom is -0.344 e. The first-order chi connectivity index (χ1) is 12.1. The van der Waals surface area contributed by atoms with Crippen molar-refractivity contribution in [3.63, 3.8) is 0 Å². The van der Waals surface area contributed by atoms with Gasteiger partial charge in [-0.3, -0.25) is 4.79 Å². The van der Waals surface area contributed by atoms with Crippen LogP contribution in [0.1, 0.15) is 37.3 Å². The maximum atomic E-state index is 12.5. The van der Waals surface area contributed by atoms with Crippen molar-refractivity contribution in [2.24, 2.45) is 0 Å². The minimum atomic E-state index is -0.0237. The first-order valence-electron chi connectivity index (χ1n) is 9.14. The molecule has 134 valence electrons. The second-order valence-corrected chi connectivity index (χ2v) is 6.94. The van der Waals surface area contributed by atoms with Crippen molar-refractivity contribution in [2.75, 3.05) is 26.7 Å². The Morgan fingerprint density at radius 3 is 2.60 bits per heavy atom. The third-order valence-corrected chi connectivity index (χ3v) is 5.18. The largest absolute Gasteiger partial charge is 0.344 e. The summed E-state index contributed by atoms with van der Waals surface area (Å²) in [5, 5.41) is 3.07. The number of likely N-dealkylation sites (N-methyl/N-ethyl adjacent to an activating group) is 1. The molecule has 1 aromatic carbocycles. The monoisotopic (exact) mass is 341 g/mol. The van der Waals surface area contributed by atoms with E-state index in [1.807, 2.05) is 4.90 Å². The molecule has 3 rings (SSSR count). The third kappa shape index (κ3) is 4.21. The van der Waals surface area contributed by atoms with Gasteiger partial charge in [-0.05, 0) is 36.0 Å². The van der Waals surface area contributed by atoms with Gasteiger partial charge in [0.05, 0.1) is 0 Å². The maximum absolute atomic E-state index is 12.5. The van der Waals surface area contributed by atoms with Gasteiger partial charge in [0.15, 0.2) is 0 Å². The Kier molecular flexibility index (Phi) is 5.41. The molecular weight excluding hydrogens is 314 g/mol. The summed E-state index contributed by atoms with van der Waals surface area (Å²) < 4.78 is 0. The molecule has 1 fully saturated rings. The summed E-state index contributed by atoms with van der Waals surface area (Å²) in [6.07, 6.45) is 5.32. The molecule has 25 heavy (non-hydrogen) atoms. The summed E-state index contributed by atoms with van der Waals surface area (Å²) in [5.74, 6) is 0.158. The highest BCUT2D eigenvalue weighted by Crippen LogP contribution is 2.23. The van der Waals surface area contributed by atoms with E-state index in [4.69, 9.17) is 0 Å². The summed E-state index contributed by atoms with van der Waals surface area (Å²) >= 11 is 0. The molecule has 0 saturated carbocycles. The molecule has 0 aromatic heterocycles. The van der Waals surface area contributed by atoms with Crippen LogP contribution in [-0.2, 0) is 11.2 Å². The van der Waals surface area contributed by atoms with Gasteiger partial charge in [-0.25, -0.2) is 4.79 Å². The number of piperidine rings is 1. The number of carbonyl (C=O) groups is 2. The van der Waals surface area contributed by atoms with Crippen LogP contribution in [0.3, 0.4) is 0 Å². The van der Waals surface area contributed by atoms with Crippen LogP contribution in [0, 0.1) is 0 Å². The average Bonchev–Trinajstić information content (AvgIpc) is 2.65. The Morgan fingerprint density at radius 1 is 1.24 bits per heavy atom. The number of nitrogens with zero attached hydrogens (tertiary/aromatic N) is 2. The minimum absolute atomic E-state index is 0.0237. The van der Waals surface area contributed by atoms with Gasteiger partial charge in [0.1, 0.15) is 0 Å². The normalized spacial score (nSPS) is 21.1. The summed E-state index contributed by atoms with van der Waals surface area (Å²) in [4.78, 5) is 27.5. The molecule has 1 saturated heterocycles. The van der Waals surface area contributed by atoms with Crippen molar-refractivity contribution in [3.05, 3.63) is 41.5 Å². The van der Waals surface area contributed by atoms with Gasteiger partial charge in [-0.1, -0.05) is 37.3 Å². The molecule has 2 heterocycles. The smallest absolute Gasteiger partial charge is 0.317 e. The molecule has 1 aromatic rings. The number of aryl methyl sites for hydroxylation is 1. The third-order valence-electron chi connectivity index (χ3n) is 5.18. The molecule has 0 aliphatic carbocycles. The number of hydrogen-bond acceptors (Lipinski definition) is 2. The molecule has 5 nitrogen and oxygen atoms in total. The topological polar surface area (TPSA) is 52.7 Å². The molecule has 2 aliphatic heterocycles. The summed E-state index contributed by atoms with van der Waals surface area (Å²) in [6.45, 7) is 4.13. The van der Waals surface area contributed by atoms with Crippen LogP contribution in [-0.4, -0.2) is 54.5 Å². The molecule has 0 radical (unpaired) electrons. The molecule has 1 atom stereocenters. The molecule has 0 spiro atoms. The second kappa shape index (κ2) is 7.72. The highest BCUT2D eigenvalue weighted by molar-refractivity contribution is 5.79. The van der Waals surface area contributed by atoms with Crippen LogP contribution in [0.5, 0.6) is 0 Å². The number of hydrogen-bond donors (Lipinski definition) is 1. The molecule has 5 heteroatoms. The van der Waals surface area contributed by atoms with Crippen molar-refractivity contribution in [3.8, 4) is 0 Å². The lowest BCUT2D eigenvalue weighted by Crippen LogP contribution is -2.52. The van der Waals surface area contributed by atoms with Crippen LogP contribution < -0.4 is 5.32 Å². The Hall–Kier alpha value is -2.30. The van der Waals surface area contributed by atoms with E-state index in [1.165, 1.54) is 16.7 Å². The van der Waals surface area contributed by atoms with Crippen LogP contribution in [0.2, 0.25) is 0 Å². The maximum Gasteiger partial charge on any atom is 0.317 e. The van der Waals surface area contributed by atoms with Crippen LogP contribution in [0.25, 0.3) is 5.57 Å². The van der Waals surface area contributed by atoms with Crippen molar-refractivity contribution in [2.45, 2.75) is 38.6 Å². The summed E-state index contributed by atoms with van der Waals surface area (Å²) in [5.41, 5.74) is 3.91. The Labute approximate surface area is 149 Å². The first-order valence-corrected chi connectivity index (χ1v) is 9.14. The van der Waals surface area contributed by atoms with Crippen molar-refractivity contribution in [1.82, 2.24) is 15.1 Å². The van der Waals surface area contributed by atoms with Crippen LogP contribution in [0.4, 0.5) is 4.79 Å². The Morgan fingerprint density at radius 2 is 2.00 bits per heavy atom. The number of rotatable bonds is 3. The number of amides is 3. The highest BCUT2D eigenvalue weighted by atomic mass is 16.2. The van der Waals surface area contributed by atoms with E-state index < -0.39 is 0 Å². The number of benzene rings is 1. The lowest BCUT2D eigenvalue weighted by Gasteiger charge is -2.33. The van der Waals surface area contributed by atoms with Crippen molar-refractivity contribution < 1.29 is 9.59 Å². The molecule has 1 N–H and O–H groups in total. The van der Waals surface area contributed by atoms with Gasteiger partial charge in [-0.2, -0.15) is 0 Å². The van der Waals surface area contributed by atoms with Crippen LogP contribution >= 0.6 is 0 Å². The Bertz CT molecular complexity index is 666. The van der Waals surface area contributed by atoms with E-state index in [1.54, 1.807) is 11.9 Å². The van der Waals surface area contributed by atoms with Crippen molar-refractivity contribution in [1.29, 1.82) is 0 Å². The fourth-order valence-electron chi connectivity index (χ4n) is 3.47. The van der Waals surface area contributed by atoms with Gasteiger partial charge in [0.2, 0.25) is 5.91 Å². The van der Waals surface area contributed by atoms with Gasteiger partial charge in [0, 0.05) is 39.1 Å². The zero-order valence-electron chi connectivity index (χ0n) is 15.1. The summed E-state index contributed by atoms with van der Waals surface area (Å²) in [6, 6.07) is 8.74. The van der Waals surface area contributed by atoms with E-state index in [0.29, 0.717) is 19.5 Å². The van der Waals surface area contributed by atoms with Crippen molar-refractivity contribution >= 4 is 17.5 Å². The Balaban J connectivity index is 1.54. The van der Waals surface area contributed by atoms with Gasteiger partial charge >= 0.3 is 6.03 Å². The first kappa shape index (κ1) is 17.5. The molecule has 0 bridgehead atoms. The predicted octanol–water partition coefficient (Wildman–Crippen LogP) is 2.67. The van der Waals surface area contributed by atoms with E-state index in [-0.39, 0.29) is 18.0 Å². The molecule has 1 unspecified atom stereocenters. The van der Waals surface area contributed by atoms with E-state index in [2.05, 4.69) is 42.6 Å². The zero-order chi connectivity index (χ0) is 17.8. The highest BCUT2D eigenvalue weighted by Gasteiger charge is 2.26. The molecule has 3 amide bonds. The van der Waals surface area contributed by atoms with Crippen LogP contribution in [0.15, 0.2) is 30.3 Å². The van der Waals surface area contributed by atoms with E-state index >= 15 is 0 Å². The van der Waals surface area contributed by atoms with E-state index in [9.17, 15) is 9.59 Å². The lowest BCUT2D eigenvalue weighted by molar-refractivity contribution is -0.132. The number of likely N-dealkylation sites (tertiary alicyclic amines) is 1. The molecular formula is C20H27N3O2. The van der Waals surface area contributed by atoms with E-state index in [0.717, 1.165) is 25.8 Å². The zero-order valence-corrected chi connectivity index (χ0v) is 15.1. The fraction of sp³-hybridized carbons (Fsp3) is 0.500. The standard InChI is InChI=1S/C20H27N3O2/c1-3-15-4-6-16(7-5-15)17-10-12-23(13-11-17)20(25)21-18-8-9-19(24)22(2)14-18/h4-7,10,18H,3,8-9,11-14H2,1-2H3,(H,21,25). The number of nitrogens with one attached hydrogen (secondary N) is 1. The second-order valence-electron chi connectivity index (χ2n) is 6.94. The fourth-order valence-corrected chi connectivity index (χ4v) is 3.47. The predicted molar refractivity (Wildman–Crippen MR) is 99.2 cm³/mol.